The first-order valence-electron chi connectivity index (χ1n) is 22.7. The van der Waals surface area contributed by atoms with Crippen LogP contribution in [0, 0.1) is 0 Å². The monoisotopic (exact) mass is 1050 g/mol. The Hall–Kier alpha value is -7.10. The zero-order valence-electron chi connectivity index (χ0n) is 38.8. The van der Waals surface area contributed by atoms with E-state index in [1.165, 1.54) is 36.4 Å². The summed E-state index contributed by atoms with van der Waals surface area (Å²) in [6.45, 7) is 1.85. The van der Waals surface area contributed by atoms with Crippen molar-refractivity contribution in [2.45, 2.75) is 41.9 Å². The normalized spacial score (nSPS) is 15.6. The molecule has 0 bridgehead atoms. The van der Waals surface area contributed by atoms with Gasteiger partial charge in [0.1, 0.15) is 13.2 Å². The highest BCUT2D eigenvalue weighted by Crippen LogP contribution is 2.54. The van der Waals surface area contributed by atoms with Crippen molar-refractivity contribution in [3.8, 4) is 11.5 Å². The average Bonchev–Trinajstić information content (AvgIpc) is 4.22. The van der Waals surface area contributed by atoms with E-state index in [1.54, 1.807) is 18.2 Å². The molecule has 3 N–H and O–H groups in total. The van der Waals surface area contributed by atoms with Gasteiger partial charge in [0.2, 0.25) is 0 Å². The lowest BCUT2D eigenvalue weighted by molar-refractivity contribution is -0.166. The molecule has 396 valence electrons. The Kier molecular flexibility index (Phi) is 17.3. The fraction of sp³-hybridized carbons (Fsp3) is 0.426. The minimum Gasteiger partial charge on any atom is -0.487 e. The molecule has 0 unspecified atom stereocenters. The summed E-state index contributed by atoms with van der Waals surface area (Å²) in [6.07, 6.45) is -13.7. The van der Waals surface area contributed by atoms with E-state index in [0.29, 0.717) is 17.9 Å². The Bertz CT molecular complexity index is 2650. The standard InChI is InChI=1S/C47H46F9N9O9/c48-45(49,50)42(60-61-42)34-8-2-31(3-9-34)39(66)57-16-15-30-1-14-37(73-27-25-71-23-21-69-19-17-58-40(67)32-4-10-35(11-5-32)43(62-63-43)46(51,52)53)38(29-30)74-28-26-72-24-22-70-20-18-59-41(68)33-6-12-36(13-7-33)44(64-65-44)47(54,55)56/h1-14,29H,15-28H2,(H,57,66)(H,58,67)(H,59,68). The fourth-order valence-corrected chi connectivity index (χ4v) is 6.99. The van der Waals surface area contributed by atoms with E-state index >= 15 is 0 Å². The molecule has 0 fully saturated rings. The maximum atomic E-state index is 13.4. The maximum Gasteiger partial charge on any atom is 0.442 e. The molecule has 7 rings (SSSR count). The van der Waals surface area contributed by atoms with Gasteiger partial charge in [0.15, 0.2) is 11.5 Å². The number of ether oxygens (including phenoxy) is 6. The lowest BCUT2D eigenvalue weighted by atomic mass is 10.0. The van der Waals surface area contributed by atoms with Gasteiger partial charge in [0, 0.05) is 53.0 Å². The third kappa shape index (κ3) is 13.5. The number of nitrogens with zero attached hydrogens (tertiary/aromatic N) is 6. The summed E-state index contributed by atoms with van der Waals surface area (Å²) in [5.74, 6) is -0.800. The molecule has 74 heavy (non-hydrogen) atoms. The van der Waals surface area contributed by atoms with Gasteiger partial charge in [0.25, 0.3) is 17.7 Å². The van der Waals surface area contributed by atoms with Gasteiger partial charge < -0.3 is 44.4 Å². The van der Waals surface area contributed by atoms with Crippen molar-refractivity contribution in [2.75, 3.05) is 85.7 Å². The lowest BCUT2D eigenvalue weighted by Gasteiger charge is -2.15. The molecule has 3 aliphatic heterocycles. The zero-order chi connectivity index (χ0) is 53.0. The number of carbonyl (C=O) groups excluding carboxylic acids is 3. The first-order chi connectivity index (χ1) is 35.3. The number of nitrogens with one attached hydrogen (secondary N) is 3. The zero-order valence-corrected chi connectivity index (χ0v) is 38.8. The van der Waals surface area contributed by atoms with E-state index in [2.05, 4.69) is 46.6 Å². The van der Waals surface area contributed by atoms with Gasteiger partial charge in [-0.15, -0.1) is 30.7 Å². The van der Waals surface area contributed by atoms with Crippen LogP contribution < -0.4 is 25.4 Å². The molecule has 3 amide bonds. The van der Waals surface area contributed by atoms with Crippen LogP contribution in [-0.2, 0) is 42.4 Å². The van der Waals surface area contributed by atoms with Gasteiger partial charge in [-0.1, -0.05) is 42.5 Å². The number of hydrogen-bond acceptors (Lipinski definition) is 15. The summed E-state index contributed by atoms with van der Waals surface area (Å²) in [5, 5.41) is 26.9. The Morgan fingerprint density at radius 1 is 0.392 bits per heavy atom. The van der Waals surface area contributed by atoms with Crippen LogP contribution in [0.5, 0.6) is 11.5 Å². The Morgan fingerprint density at radius 2 is 0.703 bits per heavy atom. The highest BCUT2D eigenvalue weighted by molar-refractivity contribution is 5.95. The van der Waals surface area contributed by atoms with Gasteiger partial charge in [-0.25, -0.2) is 0 Å². The molecule has 0 radical (unpaired) electrons. The van der Waals surface area contributed by atoms with Crippen molar-refractivity contribution in [2.24, 2.45) is 30.7 Å². The SMILES string of the molecule is O=C(NCCOCCOCCOc1ccc(CCNC(=O)c2ccc(C3(C(F)(F)F)N=N3)cc2)cc1OCCOCCOCCNC(=O)c1ccc(C2(C(F)(F)F)N=N2)cc1)c1ccc(C2(C(F)(F)F)N=N2)cc1. The number of benzene rings is 4. The molecule has 0 aliphatic carbocycles. The van der Waals surface area contributed by atoms with E-state index in [-0.39, 0.29) is 119 Å². The van der Waals surface area contributed by atoms with Gasteiger partial charge >= 0.3 is 35.5 Å². The molecule has 18 nitrogen and oxygen atoms in total. The van der Waals surface area contributed by atoms with Crippen molar-refractivity contribution in [1.29, 1.82) is 0 Å². The summed E-state index contributed by atoms with van der Waals surface area (Å²) in [5.41, 5.74) is -7.13. The average molecular weight is 1050 g/mol. The number of amides is 3. The lowest BCUT2D eigenvalue weighted by Crippen LogP contribution is -2.30. The number of hydrogen-bond donors (Lipinski definition) is 3. The molecule has 0 saturated carbocycles. The first-order valence-corrected chi connectivity index (χ1v) is 22.7. The first kappa shape index (κ1) is 54.7. The van der Waals surface area contributed by atoms with Crippen LogP contribution in [0.25, 0.3) is 0 Å². The Labute approximate surface area is 415 Å². The minimum absolute atomic E-state index is 0.0835. The smallest absolute Gasteiger partial charge is 0.442 e. The van der Waals surface area contributed by atoms with Crippen molar-refractivity contribution >= 4 is 17.7 Å². The van der Waals surface area contributed by atoms with Crippen molar-refractivity contribution in [1.82, 2.24) is 16.0 Å². The largest absolute Gasteiger partial charge is 0.487 e. The van der Waals surface area contributed by atoms with E-state index in [9.17, 15) is 53.9 Å². The fourth-order valence-electron chi connectivity index (χ4n) is 6.99. The highest BCUT2D eigenvalue weighted by Gasteiger charge is 2.66. The van der Waals surface area contributed by atoms with E-state index in [4.69, 9.17) is 28.4 Å². The summed E-state index contributed by atoms with van der Waals surface area (Å²) >= 11 is 0. The molecule has 3 aliphatic rings. The summed E-state index contributed by atoms with van der Waals surface area (Å²) in [7, 11) is 0. The second kappa shape index (κ2) is 23.4. The number of carbonyl (C=O) groups is 3. The molecule has 0 aromatic heterocycles. The van der Waals surface area contributed by atoms with Gasteiger partial charge in [-0.3, -0.25) is 14.4 Å². The van der Waals surface area contributed by atoms with Gasteiger partial charge in [-0.2, -0.15) is 39.5 Å². The maximum absolute atomic E-state index is 13.4. The quantitative estimate of drug-likeness (QED) is 0.0356. The van der Waals surface area contributed by atoms with E-state index in [0.717, 1.165) is 42.0 Å². The van der Waals surface area contributed by atoms with Crippen LogP contribution in [0.1, 0.15) is 53.3 Å². The van der Waals surface area contributed by atoms with Crippen LogP contribution >= 0.6 is 0 Å². The molecule has 3 heterocycles. The second-order valence-corrected chi connectivity index (χ2v) is 16.3. The van der Waals surface area contributed by atoms with Crippen LogP contribution in [0.15, 0.2) is 122 Å². The summed E-state index contributed by atoms with van der Waals surface area (Å²) in [6, 6.07) is 19.6. The predicted octanol–water partition coefficient (Wildman–Crippen LogP) is 7.89. The number of alkyl halides is 9. The van der Waals surface area contributed by atoms with Crippen molar-refractivity contribution in [3.63, 3.8) is 0 Å². The molecule has 4 aromatic carbocycles. The van der Waals surface area contributed by atoms with E-state index in [1.807, 2.05) is 0 Å². The number of halogens is 9. The Morgan fingerprint density at radius 3 is 1.04 bits per heavy atom. The van der Waals surface area contributed by atoms with Crippen LogP contribution in [0.2, 0.25) is 0 Å². The molecular formula is C47H46F9N9O9. The molecule has 0 saturated heterocycles. The van der Waals surface area contributed by atoms with Gasteiger partial charge in [-0.05, 0) is 60.5 Å². The Balaban J connectivity index is 0.792. The van der Waals surface area contributed by atoms with Crippen LogP contribution in [-0.4, -0.2) is 122 Å². The molecule has 4 aromatic rings. The molecule has 0 atom stereocenters. The highest BCUT2D eigenvalue weighted by atomic mass is 19.4. The summed E-state index contributed by atoms with van der Waals surface area (Å²) < 4.78 is 154. The molecule has 27 heteroatoms. The third-order valence-corrected chi connectivity index (χ3v) is 11.2. The summed E-state index contributed by atoms with van der Waals surface area (Å²) in [4.78, 5) is 37.7. The van der Waals surface area contributed by atoms with Crippen molar-refractivity contribution in [3.05, 3.63) is 130 Å². The van der Waals surface area contributed by atoms with E-state index < -0.39 is 53.2 Å². The predicted molar refractivity (Wildman–Crippen MR) is 239 cm³/mol. The topological polar surface area (TPSA) is 217 Å². The number of rotatable bonds is 29. The van der Waals surface area contributed by atoms with Crippen molar-refractivity contribution < 1.29 is 82.3 Å². The molecule has 0 spiro atoms. The minimum atomic E-state index is -4.70. The van der Waals surface area contributed by atoms with Gasteiger partial charge in [0.05, 0.1) is 52.9 Å². The van der Waals surface area contributed by atoms with Crippen LogP contribution in [0.3, 0.4) is 0 Å². The third-order valence-electron chi connectivity index (χ3n) is 11.2. The molecular weight excluding hydrogens is 1010 g/mol. The second-order valence-electron chi connectivity index (χ2n) is 16.3. The van der Waals surface area contributed by atoms with Crippen LogP contribution in [0.4, 0.5) is 39.5 Å².